The van der Waals surface area contributed by atoms with Crippen LogP contribution in [0, 0.1) is 5.41 Å². The minimum Gasteiger partial charge on any atom is -0.497 e. The topological polar surface area (TPSA) is 94.5 Å². The van der Waals surface area contributed by atoms with E-state index in [1.54, 1.807) is 55.3 Å². The number of carbonyl (C=O) groups excluding carboxylic acids is 1. The molecular formula is C27H37NO7. The lowest BCUT2D eigenvalue weighted by Crippen LogP contribution is -2.38. The number of aliphatic carboxylic acids is 1. The van der Waals surface area contributed by atoms with Crippen LogP contribution in [0.15, 0.2) is 48.5 Å². The van der Waals surface area contributed by atoms with Crippen molar-refractivity contribution < 1.29 is 33.6 Å². The van der Waals surface area contributed by atoms with Gasteiger partial charge in [0.2, 0.25) is 0 Å². The summed E-state index contributed by atoms with van der Waals surface area (Å²) in [5.41, 5.74) is 0.901. The Kier molecular flexibility index (Phi) is 10.9. The maximum atomic E-state index is 12.8. The molecule has 192 valence electrons. The van der Waals surface area contributed by atoms with Gasteiger partial charge in [-0.3, -0.25) is 0 Å². The molecule has 0 heterocycles. The average molecular weight is 488 g/mol. The molecule has 8 heteroatoms. The Morgan fingerprint density at radius 3 is 2.09 bits per heavy atom. The lowest BCUT2D eigenvalue weighted by atomic mass is 9.92. The third-order valence-corrected chi connectivity index (χ3v) is 5.27. The molecule has 0 aliphatic heterocycles. The molecule has 0 aliphatic rings. The summed E-state index contributed by atoms with van der Waals surface area (Å²) in [6, 6.07) is 14.1. The van der Waals surface area contributed by atoms with E-state index >= 15 is 0 Å². The number of nitrogens with zero attached hydrogens (tertiary/aromatic N) is 1. The molecule has 35 heavy (non-hydrogen) atoms. The van der Waals surface area contributed by atoms with E-state index in [1.807, 2.05) is 12.1 Å². The number of rotatable bonds is 13. The van der Waals surface area contributed by atoms with Crippen LogP contribution in [0.5, 0.6) is 17.2 Å². The van der Waals surface area contributed by atoms with Gasteiger partial charge in [0.05, 0.1) is 13.7 Å². The van der Waals surface area contributed by atoms with Gasteiger partial charge in [-0.1, -0.05) is 32.9 Å². The number of hydrogen-bond donors (Lipinski definition) is 1. The van der Waals surface area contributed by atoms with E-state index in [0.29, 0.717) is 36.9 Å². The van der Waals surface area contributed by atoms with Gasteiger partial charge in [-0.25, -0.2) is 9.59 Å². The fraction of sp³-hybridized carbons (Fsp3) is 0.481. The van der Waals surface area contributed by atoms with Crippen molar-refractivity contribution in [1.82, 2.24) is 4.90 Å². The van der Waals surface area contributed by atoms with Gasteiger partial charge in [-0.2, -0.15) is 0 Å². The number of methoxy groups -OCH3 is 1. The van der Waals surface area contributed by atoms with Gasteiger partial charge in [0.15, 0.2) is 6.10 Å². The molecule has 1 N–H and O–H groups in total. The highest BCUT2D eigenvalue weighted by atomic mass is 16.6. The first-order valence-electron chi connectivity index (χ1n) is 11.8. The summed E-state index contributed by atoms with van der Waals surface area (Å²) in [7, 11) is 1.58. The lowest BCUT2D eigenvalue weighted by Gasteiger charge is -2.26. The molecule has 0 radical (unpaired) electrons. The first kappa shape index (κ1) is 28.0. The van der Waals surface area contributed by atoms with Crippen LogP contribution in [0.2, 0.25) is 0 Å². The molecule has 2 aromatic carbocycles. The second kappa shape index (κ2) is 13.6. The normalized spacial score (nSPS) is 12.0. The fourth-order valence-corrected chi connectivity index (χ4v) is 3.20. The minimum atomic E-state index is -0.982. The standard InChI is InChI=1S/C27H37NO7/c1-6-33-24(25(29)30)19-20-7-9-22(10-8-20)34-18-17-28(16-15-27(2,3)4)26(31)35-23-13-11-21(32-5)12-14-23/h7-14,24H,6,15-19H2,1-5H3,(H,29,30). The highest BCUT2D eigenvalue weighted by molar-refractivity contribution is 5.72. The molecule has 0 aliphatic carbocycles. The van der Waals surface area contributed by atoms with Crippen LogP contribution in [-0.4, -0.2) is 61.6 Å². The largest absolute Gasteiger partial charge is 0.497 e. The molecule has 1 amide bonds. The predicted molar refractivity (Wildman–Crippen MR) is 133 cm³/mol. The summed E-state index contributed by atoms with van der Waals surface area (Å²) in [6.07, 6.45) is -0.223. The highest BCUT2D eigenvalue weighted by Crippen LogP contribution is 2.21. The summed E-state index contributed by atoms with van der Waals surface area (Å²) in [5.74, 6) is 0.783. The van der Waals surface area contributed by atoms with Crippen molar-refractivity contribution >= 4 is 12.1 Å². The van der Waals surface area contributed by atoms with Crippen molar-refractivity contribution in [1.29, 1.82) is 0 Å². The zero-order valence-electron chi connectivity index (χ0n) is 21.3. The minimum absolute atomic E-state index is 0.0602. The number of amides is 1. The summed E-state index contributed by atoms with van der Waals surface area (Å²) in [6.45, 7) is 9.66. The second-order valence-electron chi connectivity index (χ2n) is 9.32. The van der Waals surface area contributed by atoms with Crippen LogP contribution in [0.25, 0.3) is 0 Å². The highest BCUT2D eigenvalue weighted by Gasteiger charge is 2.20. The van der Waals surface area contributed by atoms with Crippen molar-refractivity contribution in [3.8, 4) is 17.2 Å². The van der Waals surface area contributed by atoms with E-state index in [0.717, 1.165) is 12.0 Å². The van der Waals surface area contributed by atoms with Gasteiger partial charge < -0.3 is 29.0 Å². The van der Waals surface area contributed by atoms with E-state index in [-0.39, 0.29) is 18.4 Å². The SMILES string of the molecule is CCOC(Cc1ccc(OCCN(CCC(C)(C)C)C(=O)Oc2ccc(OC)cc2)cc1)C(=O)O. The number of carboxylic acids is 1. The van der Waals surface area contributed by atoms with Gasteiger partial charge in [-0.05, 0) is 60.7 Å². The Hall–Kier alpha value is -3.26. The molecule has 1 atom stereocenters. The van der Waals surface area contributed by atoms with Crippen LogP contribution in [-0.2, 0) is 16.0 Å². The second-order valence-corrected chi connectivity index (χ2v) is 9.32. The molecule has 0 saturated carbocycles. The van der Waals surface area contributed by atoms with Crippen LogP contribution in [0.4, 0.5) is 4.79 Å². The molecule has 0 fully saturated rings. The van der Waals surface area contributed by atoms with Gasteiger partial charge in [0.1, 0.15) is 23.9 Å². The number of ether oxygens (including phenoxy) is 4. The van der Waals surface area contributed by atoms with Crippen LogP contribution in [0.3, 0.4) is 0 Å². The molecule has 0 aromatic heterocycles. The Morgan fingerprint density at radius 2 is 1.54 bits per heavy atom. The maximum Gasteiger partial charge on any atom is 0.415 e. The molecule has 2 aromatic rings. The summed E-state index contributed by atoms with van der Waals surface area (Å²) in [5, 5.41) is 9.25. The Balaban J connectivity index is 1.94. The molecule has 0 spiro atoms. The molecule has 2 rings (SSSR count). The number of carboxylic acid groups (broad SMARTS) is 1. The number of hydrogen-bond acceptors (Lipinski definition) is 6. The van der Waals surface area contributed by atoms with Gasteiger partial charge in [0, 0.05) is 19.6 Å². The van der Waals surface area contributed by atoms with Crippen molar-refractivity contribution in [2.24, 2.45) is 5.41 Å². The van der Waals surface area contributed by atoms with E-state index in [1.165, 1.54) is 0 Å². The summed E-state index contributed by atoms with van der Waals surface area (Å²) in [4.78, 5) is 25.8. The molecule has 1 unspecified atom stereocenters. The van der Waals surface area contributed by atoms with Crippen molar-refractivity contribution in [2.45, 2.75) is 46.6 Å². The van der Waals surface area contributed by atoms with Crippen LogP contribution >= 0.6 is 0 Å². The van der Waals surface area contributed by atoms with E-state index in [2.05, 4.69) is 20.8 Å². The molecular weight excluding hydrogens is 450 g/mol. The quantitative estimate of drug-likeness (QED) is 0.423. The summed E-state index contributed by atoms with van der Waals surface area (Å²) < 4.78 is 21.8. The van der Waals surface area contributed by atoms with Crippen molar-refractivity contribution in [2.75, 3.05) is 33.4 Å². The van der Waals surface area contributed by atoms with Gasteiger partial charge in [0.25, 0.3) is 0 Å². The monoisotopic (exact) mass is 487 g/mol. The Labute approximate surface area is 207 Å². The zero-order chi connectivity index (χ0) is 25.8. The zero-order valence-corrected chi connectivity index (χ0v) is 21.3. The smallest absolute Gasteiger partial charge is 0.415 e. The van der Waals surface area contributed by atoms with Crippen molar-refractivity contribution in [3.63, 3.8) is 0 Å². The van der Waals surface area contributed by atoms with E-state index in [4.69, 9.17) is 18.9 Å². The number of carbonyl (C=O) groups is 2. The Bertz CT molecular complexity index is 920. The third kappa shape index (κ3) is 10.3. The molecule has 0 bridgehead atoms. The summed E-state index contributed by atoms with van der Waals surface area (Å²) >= 11 is 0. The fourth-order valence-electron chi connectivity index (χ4n) is 3.20. The Morgan fingerprint density at radius 1 is 0.943 bits per heavy atom. The maximum absolute atomic E-state index is 12.8. The first-order chi connectivity index (χ1) is 16.6. The van der Waals surface area contributed by atoms with Gasteiger partial charge in [-0.15, -0.1) is 0 Å². The first-order valence-corrected chi connectivity index (χ1v) is 11.8. The van der Waals surface area contributed by atoms with E-state index in [9.17, 15) is 14.7 Å². The van der Waals surface area contributed by atoms with Crippen LogP contribution in [0.1, 0.15) is 39.7 Å². The van der Waals surface area contributed by atoms with Crippen molar-refractivity contribution in [3.05, 3.63) is 54.1 Å². The molecule has 8 nitrogen and oxygen atoms in total. The van der Waals surface area contributed by atoms with Crippen LogP contribution < -0.4 is 14.2 Å². The molecule has 0 saturated heterocycles. The predicted octanol–water partition coefficient (Wildman–Crippen LogP) is 5.04. The third-order valence-electron chi connectivity index (χ3n) is 5.27. The van der Waals surface area contributed by atoms with Gasteiger partial charge >= 0.3 is 12.1 Å². The number of benzene rings is 2. The lowest BCUT2D eigenvalue weighted by molar-refractivity contribution is -0.149. The average Bonchev–Trinajstić information content (AvgIpc) is 2.81. The van der Waals surface area contributed by atoms with E-state index < -0.39 is 18.2 Å².